The van der Waals surface area contributed by atoms with Crippen LogP contribution in [-0.2, 0) is 0 Å². The maximum absolute atomic E-state index is 6.02. The second-order valence-corrected chi connectivity index (χ2v) is 5.78. The van der Waals surface area contributed by atoms with Gasteiger partial charge in [0.15, 0.2) is 17.9 Å². The van der Waals surface area contributed by atoms with Crippen molar-refractivity contribution in [2.45, 2.75) is 13.2 Å². The summed E-state index contributed by atoms with van der Waals surface area (Å²) >= 11 is 0. The van der Waals surface area contributed by atoms with E-state index < -0.39 is 0 Å². The number of likely N-dealkylation sites (N-methyl/N-ethyl adjacent to an activating group) is 1. The Morgan fingerprint density at radius 3 is 2.46 bits per heavy atom. The van der Waals surface area contributed by atoms with Crippen LogP contribution in [0.4, 0.5) is 11.4 Å². The topological polar surface area (TPSA) is 24.9 Å². The quantitative estimate of drug-likeness (QED) is 0.848. The first kappa shape index (κ1) is 14.7. The minimum absolute atomic E-state index is 0.0849. The lowest BCUT2D eigenvalue weighted by Crippen LogP contribution is -2.32. The molecule has 4 heteroatoms. The van der Waals surface area contributed by atoms with Crippen molar-refractivity contribution in [2.24, 2.45) is 0 Å². The molecule has 0 bridgehead atoms. The summed E-state index contributed by atoms with van der Waals surface area (Å²) in [6, 6.07) is 16.2. The zero-order valence-electron chi connectivity index (χ0n) is 13.8. The molecule has 0 spiro atoms. The Bertz CT molecular complexity index is 813. The summed E-state index contributed by atoms with van der Waals surface area (Å²) in [5.41, 5.74) is 2.22. The zero-order chi connectivity index (χ0) is 16.5. The van der Waals surface area contributed by atoms with Crippen molar-refractivity contribution in [1.29, 1.82) is 0 Å². The van der Waals surface area contributed by atoms with Crippen LogP contribution < -0.4 is 19.3 Å². The molecule has 0 aromatic heterocycles. The van der Waals surface area contributed by atoms with Crippen LogP contribution in [-0.4, -0.2) is 19.8 Å². The van der Waals surface area contributed by atoms with E-state index in [1.165, 1.54) is 0 Å². The zero-order valence-corrected chi connectivity index (χ0v) is 13.8. The van der Waals surface area contributed by atoms with Gasteiger partial charge < -0.3 is 19.3 Å². The third-order valence-corrected chi connectivity index (χ3v) is 4.36. The first-order valence-electron chi connectivity index (χ1n) is 8.19. The fourth-order valence-corrected chi connectivity index (χ4v) is 3.12. The van der Waals surface area contributed by atoms with Gasteiger partial charge in [-0.25, -0.2) is 0 Å². The Labute approximate surface area is 142 Å². The normalized spacial score (nSPS) is 20.2. The molecule has 0 N–H and O–H groups in total. The van der Waals surface area contributed by atoms with E-state index in [1.807, 2.05) is 60.5 Å². The second kappa shape index (κ2) is 5.96. The maximum Gasteiger partial charge on any atom is 0.200 e. The maximum atomic E-state index is 6.02. The number of hydrogen-bond acceptors (Lipinski definition) is 4. The first-order chi connectivity index (χ1) is 11.8. The van der Waals surface area contributed by atoms with Crippen LogP contribution in [0.15, 0.2) is 72.6 Å². The van der Waals surface area contributed by atoms with E-state index >= 15 is 0 Å². The molecule has 4 rings (SSSR count). The molecule has 4 nitrogen and oxygen atoms in total. The average molecular weight is 320 g/mol. The molecule has 122 valence electrons. The molecule has 2 aliphatic heterocycles. The fourth-order valence-electron chi connectivity index (χ4n) is 3.12. The van der Waals surface area contributed by atoms with Gasteiger partial charge in [0.1, 0.15) is 5.75 Å². The van der Waals surface area contributed by atoms with Crippen molar-refractivity contribution in [3.63, 3.8) is 0 Å². The van der Waals surface area contributed by atoms with E-state index in [2.05, 4.69) is 30.0 Å². The SMILES string of the molecule is CCN1c2ccccc2OC1/C=C/C=C1/Oc2ccccc2N1C. The van der Waals surface area contributed by atoms with Gasteiger partial charge in [-0.15, -0.1) is 0 Å². The Kier molecular flexibility index (Phi) is 3.65. The molecule has 0 saturated carbocycles. The number of benzene rings is 2. The van der Waals surface area contributed by atoms with E-state index in [-0.39, 0.29) is 6.23 Å². The van der Waals surface area contributed by atoms with Crippen LogP contribution in [0.1, 0.15) is 6.92 Å². The molecular formula is C20H20N2O2. The Morgan fingerprint density at radius 1 is 1.00 bits per heavy atom. The monoisotopic (exact) mass is 320 g/mol. The number of allylic oxidation sites excluding steroid dienone is 2. The van der Waals surface area contributed by atoms with Gasteiger partial charge in [0.05, 0.1) is 11.4 Å². The highest BCUT2D eigenvalue weighted by Gasteiger charge is 2.27. The molecule has 0 radical (unpaired) electrons. The summed E-state index contributed by atoms with van der Waals surface area (Å²) in [7, 11) is 2.01. The van der Waals surface area contributed by atoms with Crippen molar-refractivity contribution in [1.82, 2.24) is 0 Å². The van der Waals surface area contributed by atoms with Gasteiger partial charge in [0, 0.05) is 13.6 Å². The highest BCUT2D eigenvalue weighted by atomic mass is 16.5. The number of hydrogen-bond donors (Lipinski definition) is 0. The summed E-state index contributed by atoms with van der Waals surface area (Å²) < 4.78 is 11.9. The van der Waals surface area contributed by atoms with Crippen molar-refractivity contribution >= 4 is 11.4 Å². The Hall–Kier alpha value is -2.88. The third kappa shape index (κ3) is 2.40. The van der Waals surface area contributed by atoms with Crippen LogP contribution in [0.25, 0.3) is 0 Å². The van der Waals surface area contributed by atoms with Crippen LogP contribution >= 0.6 is 0 Å². The van der Waals surface area contributed by atoms with Gasteiger partial charge in [-0.3, -0.25) is 0 Å². The van der Waals surface area contributed by atoms with Crippen molar-refractivity contribution in [2.75, 3.05) is 23.4 Å². The predicted octanol–water partition coefficient (Wildman–Crippen LogP) is 4.16. The molecule has 0 saturated heterocycles. The standard InChI is InChI=1S/C20H20N2O2/c1-3-22-16-10-5-7-12-18(16)24-20(22)14-8-13-19-21(2)15-9-4-6-11-17(15)23-19/h4-14,20H,3H2,1-2H3/b14-8+,19-13+. The van der Waals surface area contributed by atoms with Crippen LogP contribution in [0.3, 0.4) is 0 Å². The third-order valence-electron chi connectivity index (χ3n) is 4.36. The molecule has 0 fully saturated rings. The van der Waals surface area contributed by atoms with Crippen molar-refractivity contribution < 1.29 is 9.47 Å². The number of para-hydroxylation sites is 4. The molecule has 2 aromatic carbocycles. The lowest BCUT2D eigenvalue weighted by molar-refractivity contribution is 0.275. The minimum Gasteiger partial charge on any atom is -0.465 e. The summed E-state index contributed by atoms with van der Waals surface area (Å²) in [5.74, 6) is 2.63. The van der Waals surface area contributed by atoms with Crippen LogP contribution in [0.5, 0.6) is 11.5 Å². The molecule has 1 atom stereocenters. The van der Waals surface area contributed by atoms with E-state index in [0.717, 1.165) is 35.3 Å². The summed E-state index contributed by atoms with van der Waals surface area (Å²) in [5, 5.41) is 0. The summed E-state index contributed by atoms with van der Waals surface area (Å²) in [6.45, 7) is 3.03. The second-order valence-electron chi connectivity index (χ2n) is 5.78. The van der Waals surface area contributed by atoms with Crippen LogP contribution in [0.2, 0.25) is 0 Å². The molecular weight excluding hydrogens is 300 g/mol. The lowest BCUT2D eigenvalue weighted by Gasteiger charge is -2.20. The van der Waals surface area contributed by atoms with E-state index in [9.17, 15) is 0 Å². The lowest BCUT2D eigenvalue weighted by atomic mass is 10.3. The van der Waals surface area contributed by atoms with Gasteiger partial charge in [-0.05, 0) is 43.3 Å². The molecule has 0 amide bonds. The largest absolute Gasteiger partial charge is 0.465 e. The Balaban J connectivity index is 1.51. The van der Waals surface area contributed by atoms with Crippen molar-refractivity contribution in [3.05, 3.63) is 72.6 Å². The van der Waals surface area contributed by atoms with Gasteiger partial charge in [-0.2, -0.15) is 0 Å². The number of fused-ring (bicyclic) bond motifs is 2. The smallest absolute Gasteiger partial charge is 0.200 e. The summed E-state index contributed by atoms with van der Waals surface area (Å²) in [6.07, 6.45) is 5.94. The van der Waals surface area contributed by atoms with Gasteiger partial charge in [0.25, 0.3) is 0 Å². The number of rotatable bonds is 3. The predicted molar refractivity (Wildman–Crippen MR) is 96.6 cm³/mol. The van der Waals surface area contributed by atoms with Crippen molar-refractivity contribution in [3.8, 4) is 11.5 Å². The van der Waals surface area contributed by atoms with Gasteiger partial charge in [0.2, 0.25) is 0 Å². The highest BCUT2D eigenvalue weighted by molar-refractivity contribution is 5.66. The molecule has 2 heterocycles. The average Bonchev–Trinajstić information content (AvgIpc) is 3.13. The van der Waals surface area contributed by atoms with E-state index in [4.69, 9.17) is 9.47 Å². The number of nitrogens with zero attached hydrogens (tertiary/aromatic N) is 2. The number of ether oxygens (including phenoxy) is 2. The summed E-state index contributed by atoms with van der Waals surface area (Å²) in [4.78, 5) is 4.28. The molecule has 2 aliphatic rings. The van der Waals surface area contributed by atoms with E-state index in [0.29, 0.717) is 0 Å². The van der Waals surface area contributed by atoms with Gasteiger partial charge >= 0.3 is 0 Å². The molecule has 0 aliphatic carbocycles. The molecule has 24 heavy (non-hydrogen) atoms. The van der Waals surface area contributed by atoms with E-state index in [1.54, 1.807) is 0 Å². The van der Waals surface area contributed by atoms with Gasteiger partial charge in [-0.1, -0.05) is 30.3 Å². The molecule has 1 unspecified atom stereocenters. The first-order valence-corrected chi connectivity index (χ1v) is 8.19. The number of anilines is 2. The fraction of sp³-hybridized carbons (Fsp3) is 0.200. The minimum atomic E-state index is -0.0849. The highest BCUT2D eigenvalue weighted by Crippen LogP contribution is 2.38. The van der Waals surface area contributed by atoms with Crippen LogP contribution in [0, 0.1) is 0 Å². The Morgan fingerprint density at radius 2 is 1.71 bits per heavy atom. The molecule has 2 aromatic rings.